The maximum Gasteiger partial charge on any atom is 0.213 e. The van der Waals surface area contributed by atoms with Gasteiger partial charge in [0, 0.05) is 25.7 Å². The SMILES string of the molecule is CC(C)S(=O)(=O)NC[C@H]1CC[C@H](Nc2ccc(N3CCCC3)nn2)CC1. The lowest BCUT2D eigenvalue weighted by molar-refractivity contribution is 0.336. The van der Waals surface area contributed by atoms with E-state index in [2.05, 4.69) is 25.1 Å². The zero-order valence-electron chi connectivity index (χ0n) is 15.8. The van der Waals surface area contributed by atoms with Crippen molar-refractivity contribution in [3.05, 3.63) is 12.1 Å². The highest BCUT2D eigenvalue weighted by molar-refractivity contribution is 7.90. The van der Waals surface area contributed by atoms with Crippen molar-refractivity contribution in [3.8, 4) is 0 Å². The number of nitrogens with one attached hydrogen (secondary N) is 2. The van der Waals surface area contributed by atoms with Crippen LogP contribution in [0.3, 0.4) is 0 Å². The summed E-state index contributed by atoms with van der Waals surface area (Å²) in [5.41, 5.74) is 0. The molecular formula is C18H31N5O2S. The lowest BCUT2D eigenvalue weighted by Gasteiger charge is -2.29. The monoisotopic (exact) mass is 381 g/mol. The van der Waals surface area contributed by atoms with E-state index in [0.717, 1.165) is 50.4 Å². The van der Waals surface area contributed by atoms with Gasteiger partial charge >= 0.3 is 0 Å². The highest BCUT2D eigenvalue weighted by Gasteiger charge is 2.24. The largest absolute Gasteiger partial charge is 0.366 e. The summed E-state index contributed by atoms with van der Waals surface area (Å²) in [6.07, 6.45) is 6.58. The molecule has 146 valence electrons. The molecule has 0 spiro atoms. The van der Waals surface area contributed by atoms with Crippen LogP contribution in [0.25, 0.3) is 0 Å². The van der Waals surface area contributed by atoms with E-state index in [1.165, 1.54) is 12.8 Å². The third kappa shape index (κ3) is 5.07. The number of hydrogen-bond donors (Lipinski definition) is 2. The van der Waals surface area contributed by atoms with Crippen LogP contribution in [-0.4, -0.2) is 49.5 Å². The molecule has 1 saturated carbocycles. The Labute approximate surface area is 157 Å². The molecule has 26 heavy (non-hydrogen) atoms. The van der Waals surface area contributed by atoms with Crippen LogP contribution in [-0.2, 0) is 10.0 Å². The van der Waals surface area contributed by atoms with Gasteiger partial charge in [-0.3, -0.25) is 0 Å². The molecule has 2 aliphatic rings. The van der Waals surface area contributed by atoms with Gasteiger partial charge in [0.2, 0.25) is 10.0 Å². The van der Waals surface area contributed by atoms with Crippen molar-refractivity contribution in [2.24, 2.45) is 5.92 Å². The van der Waals surface area contributed by atoms with Crippen molar-refractivity contribution < 1.29 is 8.42 Å². The van der Waals surface area contributed by atoms with Crippen molar-refractivity contribution in [3.63, 3.8) is 0 Å². The molecule has 2 N–H and O–H groups in total. The summed E-state index contributed by atoms with van der Waals surface area (Å²) in [5, 5.41) is 11.8. The first-order chi connectivity index (χ1) is 12.4. The average molecular weight is 382 g/mol. The molecule has 0 unspecified atom stereocenters. The van der Waals surface area contributed by atoms with Crippen molar-refractivity contribution in [2.75, 3.05) is 29.9 Å². The van der Waals surface area contributed by atoms with E-state index >= 15 is 0 Å². The quantitative estimate of drug-likeness (QED) is 0.754. The smallest absolute Gasteiger partial charge is 0.213 e. The van der Waals surface area contributed by atoms with Gasteiger partial charge in [-0.25, -0.2) is 13.1 Å². The van der Waals surface area contributed by atoms with Crippen LogP contribution in [0, 0.1) is 5.92 Å². The van der Waals surface area contributed by atoms with E-state index in [0.29, 0.717) is 18.5 Å². The summed E-state index contributed by atoms with van der Waals surface area (Å²) < 4.78 is 26.5. The maximum absolute atomic E-state index is 11.9. The zero-order valence-corrected chi connectivity index (χ0v) is 16.6. The molecule has 0 atom stereocenters. The second kappa shape index (κ2) is 8.52. The highest BCUT2D eigenvalue weighted by Crippen LogP contribution is 2.26. The van der Waals surface area contributed by atoms with Crippen LogP contribution in [0.4, 0.5) is 11.6 Å². The van der Waals surface area contributed by atoms with Crippen molar-refractivity contribution in [1.82, 2.24) is 14.9 Å². The summed E-state index contributed by atoms with van der Waals surface area (Å²) in [6.45, 7) is 6.12. The Hall–Kier alpha value is -1.41. The number of rotatable bonds is 7. The van der Waals surface area contributed by atoms with Crippen LogP contribution >= 0.6 is 0 Å². The minimum absolute atomic E-state index is 0.373. The molecule has 2 heterocycles. The molecule has 0 bridgehead atoms. The molecule has 7 nitrogen and oxygen atoms in total. The first kappa shape index (κ1) is 19.4. The predicted octanol–water partition coefficient (Wildman–Crippen LogP) is 2.38. The molecular weight excluding hydrogens is 350 g/mol. The summed E-state index contributed by atoms with van der Waals surface area (Å²) in [5.74, 6) is 2.22. The molecule has 8 heteroatoms. The molecule has 1 aliphatic carbocycles. The van der Waals surface area contributed by atoms with Crippen LogP contribution < -0.4 is 14.9 Å². The lowest BCUT2D eigenvalue weighted by Crippen LogP contribution is -2.37. The average Bonchev–Trinajstić information content (AvgIpc) is 3.16. The van der Waals surface area contributed by atoms with Crippen LogP contribution in [0.2, 0.25) is 0 Å². The molecule has 3 rings (SSSR count). The molecule has 1 saturated heterocycles. The van der Waals surface area contributed by atoms with Gasteiger partial charge in [-0.2, -0.15) is 0 Å². The van der Waals surface area contributed by atoms with Crippen LogP contribution in [0.15, 0.2) is 12.1 Å². The van der Waals surface area contributed by atoms with Gasteiger partial charge in [0.05, 0.1) is 5.25 Å². The Morgan fingerprint density at radius 3 is 2.38 bits per heavy atom. The van der Waals surface area contributed by atoms with Gasteiger partial charge in [-0.05, 0) is 70.4 Å². The Morgan fingerprint density at radius 1 is 1.12 bits per heavy atom. The van der Waals surface area contributed by atoms with Gasteiger partial charge in [-0.1, -0.05) is 0 Å². The third-order valence-electron chi connectivity index (χ3n) is 5.47. The summed E-state index contributed by atoms with van der Waals surface area (Å²) in [4.78, 5) is 2.28. The van der Waals surface area contributed by atoms with E-state index in [1.54, 1.807) is 13.8 Å². The zero-order chi connectivity index (χ0) is 18.6. The fourth-order valence-corrected chi connectivity index (χ4v) is 4.44. The van der Waals surface area contributed by atoms with Crippen LogP contribution in [0.5, 0.6) is 0 Å². The van der Waals surface area contributed by atoms with Crippen molar-refractivity contribution in [1.29, 1.82) is 0 Å². The standard InChI is InChI=1S/C18H31N5O2S/c1-14(2)26(24,25)19-13-15-5-7-16(8-6-15)20-17-9-10-18(22-21-17)23-11-3-4-12-23/h9-10,14-16,19H,3-8,11-13H2,1-2H3,(H,20,21)/t15-,16-. The number of aromatic nitrogens is 2. The molecule has 1 aliphatic heterocycles. The lowest BCUT2D eigenvalue weighted by atomic mass is 9.86. The molecule has 1 aromatic rings. The first-order valence-electron chi connectivity index (χ1n) is 9.78. The summed E-state index contributed by atoms with van der Waals surface area (Å²) in [7, 11) is -3.16. The fourth-order valence-electron chi connectivity index (χ4n) is 3.64. The van der Waals surface area contributed by atoms with Gasteiger partial charge < -0.3 is 10.2 Å². The minimum atomic E-state index is -3.16. The molecule has 0 radical (unpaired) electrons. The van der Waals surface area contributed by atoms with E-state index in [9.17, 15) is 8.42 Å². The maximum atomic E-state index is 11.9. The number of hydrogen-bond acceptors (Lipinski definition) is 6. The predicted molar refractivity (Wildman–Crippen MR) is 105 cm³/mol. The third-order valence-corrected chi connectivity index (χ3v) is 7.28. The Balaban J connectivity index is 1.42. The summed E-state index contributed by atoms with van der Waals surface area (Å²) >= 11 is 0. The van der Waals surface area contributed by atoms with Gasteiger partial charge in [0.15, 0.2) is 5.82 Å². The van der Waals surface area contributed by atoms with Crippen LogP contribution in [0.1, 0.15) is 52.4 Å². The molecule has 2 fully saturated rings. The van der Waals surface area contributed by atoms with E-state index in [1.807, 2.05) is 12.1 Å². The second-order valence-electron chi connectivity index (χ2n) is 7.78. The number of sulfonamides is 1. The Kier molecular flexibility index (Phi) is 6.34. The van der Waals surface area contributed by atoms with Gasteiger partial charge in [0.1, 0.15) is 5.82 Å². The number of nitrogens with zero attached hydrogens (tertiary/aromatic N) is 3. The van der Waals surface area contributed by atoms with E-state index < -0.39 is 10.0 Å². The molecule has 0 amide bonds. The minimum Gasteiger partial charge on any atom is -0.366 e. The number of anilines is 2. The normalized spacial score (nSPS) is 24.2. The van der Waals surface area contributed by atoms with Crippen molar-refractivity contribution in [2.45, 2.75) is 63.7 Å². The Morgan fingerprint density at radius 2 is 1.81 bits per heavy atom. The summed E-state index contributed by atoms with van der Waals surface area (Å²) in [6, 6.07) is 4.45. The van der Waals surface area contributed by atoms with Gasteiger partial charge in [-0.15, -0.1) is 10.2 Å². The van der Waals surface area contributed by atoms with E-state index in [4.69, 9.17) is 0 Å². The highest BCUT2D eigenvalue weighted by atomic mass is 32.2. The van der Waals surface area contributed by atoms with Crippen molar-refractivity contribution >= 4 is 21.7 Å². The first-order valence-corrected chi connectivity index (χ1v) is 11.3. The fraction of sp³-hybridized carbons (Fsp3) is 0.778. The second-order valence-corrected chi connectivity index (χ2v) is 10.1. The molecule has 0 aromatic carbocycles. The topological polar surface area (TPSA) is 87.2 Å². The molecule has 1 aromatic heterocycles. The van der Waals surface area contributed by atoms with Gasteiger partial charge in [0.25, 0.3) is 0 Å². The Bertz CT molecular complexity index is 663. The van der Waals surface area contributed by atoms with E-state index in [-0.39, 0.29) is 5.25 Å².